The summed E-state index contributed by atoms with van der Waals surface area (Å²) in [7, 11) is 2.90. The lowest BCUT2D eigenvalue weighted by molar-refractivity contribution is -0.305. The largest absolute Gasteiger partial charge is 0.550 e. The van der Waals surface area contributed by atoms with Gasteiger partial charge in [0.05, 0.1) is 19.8 Å². The van der Waals surface area contributed by atoms with E-state index in [0.29, 0.717) is 24.2 Å². The van der Waals surface area contributed by atoms with Crippen molar-refractivity contribution < 1.29 is 29.3 Å². The summed E-state index contributed by atoms with van der Waals surface area (Å²) in [6.07, 6.45) is 5.48. The van der Waals surface area contributed by atoms with Crippen LogP contribution in [-0.2, 0) is 4.79 Å². The molecule has 0 radical (unpaired) electrons. The number of carbonyl (C=O) groups is 2. The molecule has 0 unspecified atom stereocenters. The van der Waals surface area contributed by atoms with E-state index in [1.165, 1.54) is 14.2 Å². The van der Waals surface area contributed by atoms with Crippen molar-refractivity contribution in [3.8, 4) is 17.2 Å². The molecule has 0 aliphatic carbocycles. The number of benzene rings is 1. The quantitative estimate of drug-likeness (QED) is 0.459. The van der Waals surface area contributed by atoms with Crippen molar-refractivity contribution in [2.24, 2.45) is 0 Å². The zero-order valence-electron chi connectivity index (χ0n) is 15.2. The number of ether oxygens (including phenoxy) is 2. The highest BCUT2D eigenvalue weighted by molar-refractivity contribution is 6.01. The maximum absolute atomic E-state index is 12.4. The number of aryl methyl sites for hydroxylation is 1. The van der Waals surface area contributed by atoms with E-state index in [1.807, 2.05) is 0 Å². The van der Waals surface area contributed by atoms with E-state index in [-0.39, 0.29) is 29.3 Å². The fourth-order valence-electron chi connectivity index (χ4n) is 2.84. The number of rotatable bonds is 12. The number of carboxylic acids is 1. The standard InChI is InChI=1S/C19H28O6/c1-13-12-15(24-2)19(25-3)18(23)17(13)14(20)10-8-6-4-5-7-9-11-16(21)22/h12,23H,4-11H2,1-3H3,(H,21,22)/p-1. The molecule has 0 fully saturated rings. The molecule has 0 aliphatic heterocycles. The Kier molecular flexibility index (Phi) is 8.81. The van der Waals surface area contributed by atoms with E-state index in [0.717, 1.165) is 32.1 Å². The summed E-state index contributed by atoms with van der Waals surface area (Å²) in [5.74, 6) is -0.731. The van der Waals surface area contributed by atoms with Gasteiger partial charge in [0.25, 0.3) is 0 Å². The van der Waals surface area contributed by atoms with Crippen LogP contribution >= 0.6 is 0 Å². The molecule has 0 aliphatic rings. The van der Waals surface area contributed by atoms with Crippen molar-refractivity contribution in [2.75, 3.05) is 14.2 Å². The third-order valence-electron chi connectivity index (χ3n) is 4.16. The zero-order valence-corrected chi connectivity index (χ0v) is 15.2. The monoisotopic (exact) mass is 351 g/mol. The predicted molar refractivity (Wildman–Crippen MR) is 92.2 cm³/mol. The van der Waals surface area contributed by atoms with Crippen LogP contribution < -0.4 is 14.6 Å². The Morgan fingerprint density at radius 3 is 2.08 bits per heavy atom. The number of phenols is 1. The second-order valence-corrected chi connectivity index (χ2v) is 6.07. The van der Waals surface area contributed by atoms with E-state index >= 15 is 0 Å². The van der Waals surface area contributed by atoms with Gasteiger partial charge in [0.1, 0.15) is 0 Å². The number of ketones is 1. The first-order chi connectivity index (χ1) is 11.9. The second kappa shape index (κ2) is 10.6. The fourth-order valence-corrected chi connectivity index (χ4v) is 2.84. The van der Waals surface area contributed by atoms with Crippen LogP contribution in [0.4, 0.5) is 0 Å². The number of Topliss-reactive ketones (excluding diaryl/α,β-unsaturated/α-hetero) is 1. The summed E-state index contributed by atoms with van der Waals surface area (Å²) in [6.45, 7) is 1.76. The molecule has 0 aromatic heterocycles. The topological polar surface area (TPSA) is 95.9 Å². The summed E-state index contributed by atoms with van der Waals surface area (Å²) >= 11 is 0. The van der Waals surface area contributed by atoms with Crippen molar-refractivity contribution >= 4 is 11.8 Å². The Bertz CT molecular complexity index is 594. The van der Waals surface area contributed by atoms with Crippen LogP contribution in [0.3, 0.4) is 0 Å². The van der Waals surface area contributed by atoms with E-state index in [1.54, 1.807) is 13.0 Å². The van der Waals surface area contributed by atoms with Crippen molar-refractivity contribution in [1.82, 2.24) is 0 Å². The number of aromatic hydroxyl groups is 1. The van der Waals surface area contributed by atoms with E-state index in [4.69, 9.17) is 9.47 Å². The highest BCUT2D eigenvalue weighted by atomic mass is 16.5. The molecule has 1 aromatic rings. The van der Waals surface area contributed by atoms with Gasteiger partial charge >= 0.3 is 0 Å². The molecule has 0 amide bonds. The molecule has 0 bridgehead atoms. The Balaban J connectivity index is 2.49. The number of hydrogen-bond donors (Lipinski definition) is 1. The van der Waals surface area contributed by atoms with Crippen molar-refractivity contribution in [3.05, 3.63) is 17.2 Å². The molecule has 6 heteroatoms. The number of phenolic OH excluding ortho intramolecular Hbond substituents is 1. The predicted octanol–water partition coefficient (Wildman–Crippen LogP) is 2.77. The number of carbonyl (C=O) groups excluding carboxylic acids is 2. The maximum Gasteiger partial charge on any atom is 0.203 e. The summed E-state index contributed by atoms with van der Waals surface area (Å²) in [5, 5.41) is 20.6. The highest BCUT2D eigenvalue weighted by Crippen LogP contribution is 2.41. The number of hydrogen-bond acceptors (Lipinski definition) is 6. The van der Waals surface area contributed by atoms with Gasteiger partial charge in [-0.05, 0) is 37.8 Å². The van der Waals surface area contributed by atoms with E-state index in [2.05, 4.69) is 0 Å². The summed E-state index contributed by atoms with van der Waals surface area (Å²) in [4.78, 5) is 22.7. The van der Waals surface area contributed by atoms with Crippen LogP contribution in [0.25, 0.3) is 0 Å². The van der Waals surface area contributed by atoms with Crippen LogP contribution in [0.1, 0.15) is 67.3 Å². The molecule has 0 spiro atoms. The molecule has 1 aromatic carbocycles. The average molecular weight is 351 g/mol. The summed E-state index contributed by atoms with van der Waals surface area (Å²) in [6, 6.07) is 1.68. The molecule has 0 saturated carbocycles. The lowest BCUT2D eigenvalue weighted by Gasteiger charge is -2.15. The number of aliphatic carboxylic acids is 1. The van der Waals surface area contributed by atoms with Gasteiger partial charge in [0, 0.05) is 12.4 Å². The van der Waals surface area contributed by atoms with Crippen LogP contribution in [0.15, 0.2) is 6.07 Å². The number of unbranched alkanes of at least 4 members (excludes halogenated alkanes) is 5. The smallest absolute Gasteiger partial charge is 0.203 e. The lowest BCUT2D eigenvalue weighted by Crippen LogP contribution is -2.21. The van der Waals surface area contributed by atoms with Crippen LogP contribution in [0, 0.1) is 6.92 Å². The molecule has 6 nitrogen and oxygen atoms in total. The van der Waals surface area contributed by atoms with E-state index in [9.17, 15) is 19.8 Å². The van der Waals surface area contributed by atoms with Crippen LogP contribution in [0.2, 0.25) is 0 Å². The van der Waals surface area contributed by atoms with Crippen LogP contribution in [-0.4, -0.2) is 31.1 Å². The SMILES string of the molecule is COc1cc(C)c(C(=O)CCCCCCCCC(=O)[O-])c(O)c1OC. The van der Waals surface area contributed by atoms with Crippen LogP contribution in [0.5, 0.6) is 17.2 Å². The first-order valence-electron chi connectivity index (χ1n) is 8.60. The molecule has 0 atom stereocenters. The van der Waals surface area contributed by atoms with Gasteiger partial charge in [-0.25, -0.2) is 0 Å². The van der Waals surface area contributed by atoms with Crippen molar-refractivity contribution in [1.29, 1.82) is 0 Å². The number of methoxy groups -OCH3 is 2. The normalized spacial score (nSPS) is 10.5. The molecular weight excluding hydrogens is 324 g/mol. The molecule has 1 N–H and O–H groups in total. The summed E-state index contributed by atoms with van der Waals surface area (Å²) in [5.41, 5.74) is 0.939. The van der Waals surface area contributed by atoms with E-state index < -0.39 is 5.97 Å². The Morgan fingerprint density at radius 1 is 1.00 bits per heavy atom. The van der Waals surface area contributed by atoms with Gasteiger partial charge in [-0.15, -0.1) is 0 Å². The second-order valence-electron chi connectivity index (χ2n) is 6.07. The highest BCUT2D eigenvalue weighted by Gasteiger charge is 2.21. The Hall–Kier alpha value is -2.24. The van der Waals surface area contributed by atoms with Crippen molar-refractivity contribution in [3.63, 3.8) is 0 Å². The third-order valence-corrected chi connectivity index (χ3v) is 4.16. The Labute approximate surface area is 148 Å². The average Bonchev–Trinajstić information content (AvgIpc) is 2.56. The van der Waals surface area contributed by atoms with Gasteiger partial charge in [0.15, 0.2) is 17.3 Å². The van der Waals surface area contributed by atoms with Gasteiger partial charge in [-0.3, -0.25) is 4.79 Å². The molecule has 1 rings (SSSR count). The van der Waals surface area contributed by atoms with Gasteiger partial charge in [-0.1, -0.05) is 25.7 Å². The van der Waals surface area contributed by atoms with Gasteiger partial charge in [-0.2, -0.15) is 0 Å². The Morgan fingerprint density at radius 2 is 1.56 bits per heavy atom. The third kappa shape index (κ3) is 6.29. The minimum absolute atomic E-state index is 0.107. The molecular formula is C19H27O6-. The first-order valence-corrected chi connectivity index (χ1v) is 8.60. The molecule has 0 saturated heterocycles. The zero-order chi connectivity index (χ0) is 18.8. The van der Waals surface area contributed by atoms with Gasteiger partial charge in [0.2, 0.25) is 5.75 Å². The first kappa shape index (κ1) is 20.8. The minimum Gasteiger partial charge on any atom is -0.550 e. The van der Waals surface area contributed by atoms with Gasteiger partial charge < -0.3 is 24.5 Å². The lowest BCUT2D eigenvalue weighted by atomic mass is 9.97. The molecule has 0 heterocycles. The van der Waals surface area contributed by atoms with Crippen molar-refractivity contribution in [2.45, 2.75) is 58.3 Å². The molecule has 25 heavy (non-hydrogen) atoms. The fraction of sp³-hybridized carbons (Fsp3) is 0.579. The minimum atomic E-state index is -1.00. The molecule has 140 valence electrons. The maximum atomic E-state index is 12.4. The summed E-state index contributed by atoms with van der Waals surface area (Å²) < 4.78 is 10.3. The number of carboxylic acid groups (broad SMARTS) is 1.